The Morgan fingerprint density at radius 1 is 1.02 bits per heavy atom. The summed E-state index contributed by atoms with van der Waals surface area (Å²) in [4.78, 5) is 15.9. The van der Waals surface area contributed by atoms with Gasteiger partial charge in [0.2, 0.25) is 11.8 Å². The van der Waals surface area contributed by atoms with Crippen molar-refractivity contribution in [2.45, 2.75) is 86.4 Å². The maximum atomic E-state index is 11.3. The monoisotopic (exact) mass is 568 g/mol. The number of aromatic nitrogens is 1. The van der Waals surface area contributed by atoms with E-state index in [1.54, 1.807) is 13.8 Å². The number of pyridine rings is 1. The van der Waals surface area contributed by atoms with Gasteiger partial charge in [0.1, 0.15) is 12.4 Å². The van der Waals surface area contributed by atoms with Crippen LogP contribution in [0.15, 0.2) is 54.6 Å². The quantitative estimate of drug-likeness (QED) is 0.198. The number of benzene rings is 2. The molecule has 7 heteroatoms. The molecule has 6 nitrogen and oxygen atoms in total. The summed E-state index contributed by atoms with van der Waals surface area (Å²) in [7, 11) is 0. The number of hydrogen-bond acceptors (Lipinski definition) is 6. The summed E-state index contributed by atoms with van der Waals surface area (Å²) in [6, 6.07) is 17.9. The minimum absolute atomic E-state index is 0.00466. The second kappa shape index (κ2) is 17.6. The highest BCUT2D eigenvalue weighted by molar-refractivity contribution is 7.80. The number of carbonyl (C=O) groups excluding carboxylic acids is 1. The molecule has 0 bridgehead atoms. The molecule has 0 aliphatic carbocycles. The third-order valence-corrected chi connectivity index (χ3v) is 6.42. The van der Waals surface area contributed by atoms with Crippen molar-refractivity contribution in [2.75, 3.05) is 12.4 Å². The van der Waals surface area contributed by atoms with E-state index in [2.05, 4.69) is 29.7 Å². The Kier molecular flexibility index (Phi) is 15.4. The maximum absolute atomic E-state index is 11.3. The van der Waals surface area contributed by atoms with Crippen LogP contribution >= 0.6 is 12.6 Å². The molecule has 1 aromatic heterocycles. The number of nitrogens with zero attached hydrogens (tertiary/aromatic N) is 1. The van der Waals surface area contributed by atoms with E-state index < -0.39 is 5.60 Å². The number of amides is 1. The van der Waals surface area contributed by atoms with Crippen LogP contribution in [0.1, 0.15) is 82.7 Å². The number of aliphatic hydroxyl groups is 1. The molecule has 3 N–H and O–H groups in total. The molecule has 0 aliphatic heterocycles. The fourth-order valence-corrected chi connectivity index (χ4v) is 4.40. The van der Waals surface area contributed by atoms with Crippen molar-refractivity contribution >= 4 is 18.5 Å². The maximum Gasteiger partial charge on any atom is 0.218 e. The van der Waals surface area contributed by atoms with Crippen LogP contribution in [0, 0.1) is 13.8 Å². The smallest absolute Gasteiger partial charge is 0.218 e. The number of carbonyl (C=O) groups is 1. The lowest BCUT2D eigenvalue weighted by atomic mass is 9.97. The summed E-state index contributed by atoms with van der Waals surface area (Å²) in [5.41, 5.74) is 10.7. The topological polar surface area (TPSA) is 94.7 Å². The number of aryl methyl sites for hydroxylation is 2. The molecule has 0 aliphatic rings. The van der Waals surface area contributed by atoms with Crippen molar-refractivity contribution in [3.63, 3.8) is 0 Å². The first-order valence-corrected chi connectivity index (χ1v) is 14.7. The van der Waals surface area contributed by atoms with Crippen LogP contribution in [-0.2, 0) is 11.4 Å². The van der Waals surface area contributed by atoms with Crippen LogP contribution in [0.2, 0.25) is 0 Å². The van der Waals surface area contributed by atoms with E-state index in [1.165, 1.54) is 0 Å². The zero-order valence-corrected chi connectivity index (χ0v) is 26.3. The molecule has 2 aromatic carbocycles. The van der Waals surface area contributed by atoms with E-state index in [9.17, 15) is 9.90 Å². The Labute approximate surface area is 246 Å². The number of nitrogens with two attached hydrogens (primary N) is 1. The van der Waals surface area contributed by atoms with Crippen LogP contribution < -0.4 is 15.2 Å². The van der Waals surface area contributed by atoms with Gasteiger partial charge >= 0.3 is 0 Å². The number of hydrogen-bond donors (Lipinski definition) is 3. The average Bonchev–Trinajstić information content (AvgIpc) is 2.92. The minimum atomic E-state index is -0.769. The van der Waals surface area contributed by atoms with Crippen molar-refractivity contribution < 1.29 is 19.4 Å². The molecule has 0 spiro atoms. The predicted octanol–water partition coefficient (Wildman–Crippen LogP) is 7.43. The van der Waals surface area contributed by atoms with Gasteiger partial charge in [-0.2, -0.15) is 12.6 Å². The molecule has 1 unspecified atom stereocenters. The molecule has 1 amide bonds. The van der Waals surface area contributed by atoms with E-state index >= 15 is 0 Å². The number of thiol groups is 1. The van der Waals surface area contributed by atoms with Crippen LogP contribution in [0.4, 0.5) is 0 Å². The first kappa shape index (κ1) is 35.0. The van der Waals surface area contributed by atoms with E-state index in [-0.39, 0.29) is 18.2 Å². The molecule has 3 rings (SSSR count). The van der Waals surface area contributed by atoms with Gasteiger partial charge in [-0.3, -0.25) is 4.79 Å². The summed E-state index contributed by atoms with van der Waals surface area (Å²) in [5.74, 6) is 1.54. The Balaban J connectivity index is 0.00000191. The Bertz CT molecular complexity index is 1150. The highest BCUT2D eigenvalue weighted by Gasteiger charge is 2.15. The fraction of sp³-hybridized carbons (Fsp3) is 0.455. The van der Waals surface area contributed by atoms with Gasteiger partial charge in [-0.25, -0.2) is 4.98 Å². The molecule has 40 heavy (non-hydrogen) atoms. The number of primary amides is 1. The van der Waals surface area contributed by atoms with E-state index in [0.29, 0.717) is 31.3 Å². The van der Waals surface area contributed by atoms with Gasteiger partial charge in [0.25, 0.3) is 0 Å². The molecule has 0 fully saturated rings. The lowest BCUT2D eigenvalue weighted by molar-refractivity contribution is -0.118. The largest absolute Gasteiger partial charge is 0.489 e. The van der Waals surface area contributed by atoms with Gasteiger partial charge in [0.15, 0.2) is 0 Å². The molecule has 0 radical (unpaired) electrons. The van der Waals surface area contributed by atoms with Crippen molar-refractivity contribution in [3.05, 3.63) is 77.0 Å². The van der Waals surface area contributed by atoms with Crippen LogP contribution in [0.3, 0.4) is 0 Å². The van der Waals surface area contributed by atoms with Crippen LogP contribution in [0.25, 0.3) is 11.1 Å². The lowest BCUT2D eigenvalue weighted by Crippen LogP contribution is -2.22. The molecule has 1 atom stereocenters. The Morgan fingerprint density at radius 2 is 1.68 bits per heavy atom. The van der Waals surface area contributed by atoms with Gasteiger partial charge in [-0.1, -0.05) is 58.0 Å². The van der Waals surface area contributed by atoms with Gasteiger partial charge in [0, 0.05) is 36.1 Å². The van der Waals surface area contributed by atoms with E-state index in [0.717, 1.165) is 39.3 Å². The molecule has 3 aromatic rings. The molecule has 1 heterocycles. The first-order valence-electron chi connectivity index (χ1n) is 14.1. The second-order valence-corrected chi connectivity index (χ2v) is 10.1. The zero-order chi connectivity index (χ0) is 30.3. The fourth-order valence-electron chi connectivity index (χ4n) is 4.06. The van der Waals surface area contributed by atoms with Crippen molar-refractivity contribution in [1.29, 1.82) is 0 Å². The molecular weight excluding hydrogens is 520 g/mol. The van der Waals surface area contributed by atoms with Crippen molar-refractivity contribution in [3.8, 4) is 22.8 Å². The summed E-state index contributed by atoms with van der Waals surface area (Å²) in [6.07, 6.45) is 0.806. The number of rotatable bonds is 12. The Morgan fingerprint density at radius 3 is 2.23 bits per heavy atom. The third kappa shape index (κ3) is 11.6. The third-order valence-electron chi connectivity index (χ3n) is 5.98. The minimum Gasteiger partial charge on any atom is -0.489 e. The van der Waals surface area contributed by atoms with Crippen LogP contribution in [0.5, 0.6) is 11.6 Å². The van der Waals surface area contributed by atoms with Crippen molar-refractivity contribution in [1.82, 2.24) is 4.98 Å². The number of ether oxygens (including phenoxy) is 2. The van der Waals surface area contributed by atoms with E-state index in [1.807, 2.05) is 84.0 Å². The molecular formula is C33H48N2O4S. The van der Waals surface area contributed by atoms with Gasteiger partial charge < -0.3 is 20.3 Å². The molecule has 220 valence electrons. The van der Waals surface area contributed by atoms with Gasteiger partial charge in [0.05, 0.1) is 12.2 Å². The normalized spacial score (nSPS) is 11.3. The standard InChI is InChI=1S/C29H36N2O4S.2C2H6/c1-19-14-27(34-13-12-29(3,4)33)31-20(2)28(19)23-7-5-6-21(15-23)17-35-25-10-8-22(9-11-25)24(18-36)16-26(30)32;2*1-2/h5-11,14-15,24,33,36H,12-13,16-18H2,1-4H3,(H2,30,32);2*1-2H3. The predicted molar refractivity (Wildman–Crippen MR) is 169 cm³/mol. The summed E-state index contributed by atoms with van der Waals surface area (Å²) in [6.45, 7) is 16.4. The van der Waals surface area contributed by atoms with Gasteiger partial charge in [-0.15, -0.1) is 0 Å². The SMILES string of the molecule is CC.CC.Cc1cc(OCCC(C)(C)O)nc(C)c1-c1cccc(COc2ccc(C(CS)CC(N)=O)cc2)c1. The summed E-state index contributed by atoms with van der Waals surface area (Å²) in [5, 5.41) is 9.88. The lowest BCUT2D eigenvalue weighted by Gasteiger charge is -2.18. The summed E-state index contributed by atoms with van der Waals surface area (Å²) < 4.78 is 11.8. The van der Waals surface area contributed by atoms with E-state index in [4.69, 9.17) is 15.2 Å². The highest BCUT2D eigenvalue weighted by atomic mass is 32.1. The van der Waals surface area contributed by atoms with Crippen molar-refractivity contribution in [2.24, 2.45) is 5.73 Å². The summed E-state index contributed by atoms with van der Waals surface area (Å²) >= 11 is 4.34. The highest BCUT2D eigenvalue weighted by Crippen LogP contribution is 2.30. The second-order valence-electron chi connectivity index (χ2n) is 9.76. The van der Waals surface area contributed by atoms with Gasteiger partial charge in [-0.05, 0) is 73.9 Å². The first-order chi connectivity index (χ1) is 19.1. The molecule has 0 saturated carbocycles. The molecule has 0 saturated heterocycles. The Hall–Kier alpha value is -3.03. The van der Waals surface area contributed by atoms with Crippen LogP contribution in [-0.4, -0.2) is 34.0 Å². The average molecular weight is 569 g/mol. The zero-order valence-electron chi connectivity index (χ0n) is 25.5.